The molecule has 9 nitrogen and oxygen atoms in total. The van der Waals surface area contributed by atoms with Crippen LogP contribution in [0, 0.1) is 12.7 Å². The molecule has 3 aromatic rings. The second kappa shape index (κ2) is 11.3. The van der Waals surface area contributed by atoms with Gasteiger partial charge in [-0.2, -0.15) is 5.10 Å². The third-order valence-electron chi connectivity index (χ3n) is 4.68. The number of anilines is 1. The normalized spacial score (nSPS) is 11.3. The molecule has 0 aliphatic rings. The molecule has 35 heavy (non-hydrogen) atoms. The number of hydrogen-bond donors (Lipinski definition) is 2. The monoisotopic (exact) mass is 498 g/mol. The Morgan fingerprint density at radius 1 is 1.06 bits per heavy atom. The summed E-state index contributed by atoms with van der Waals surface area (Å²) in [5.41, 5.74) is 8.45. The van der Waals surface area contributed by atoms with E-state index >= 15 is 0 Å². The van der Waals surface area contributed by atoms with E-state index in [1.165, 1.54) is 36.5 Å². The van der Waals surface area contributed by atoms with Crippen molar-refractivity contribution in [1.29, 1.82) is 0 Å². The van der Waals surface area contributed by atoms with E-state index in [1.54, 1.807) is 43.3 Å². The fraction of sp³-hybridized carbons (Fsp3) is 0.125. The number of rotatable bonds is 10. The number of nitrogens with two attached hydrogens (primary N) is 1. The van der Waals surface area contributed by atoms with Gasteiger partial charge in [-0.15, -0.1) is 0 Å². The molecule has 0 unspecified atom stereocenters. The summed E-state index contributed by atoms with van der Waals surface area (Å²) in [4.78, 5) is 23.2. The smallest absolute Gasteiger partial charge is 0.264 e. The van der Waals surface area contributed by atoms with Crippen LogP contribution in [0.25, 0.3) is 0 Å². The van der Waals surface area contributed by atoms with Crippen LogP contribution >= 0.6 is 0 Å². The topological polar surface area (TPSA) is 131 Å². The van der Waals surface area contributed by atoms with Gasteiger partial charge in [-0.25, -0.2) is 18.2 Å². The molecular formula is C24H23FN4O5S. The first kappa shape index (κ1) is 25.4. The summed E-state index contributed by atoms with van der Waals surface area (Å²) in [5.74, 6) is -1.75. The van der Waals surface area contributed by atoms with Gasteiger partial charge in [0, 0.05) is 0 Å². The molecule has 0 atom stereocenters. The van der Waals surface area contributed by atoms with Gasteiger partial charge in [0.15, 0.2) is 6.61 Å². The van der Waals surface area contributed by atoms with E-state index in [2.05, 4.69) is 10.5 Å². The minimum atomic E-state index is -4.25. The Kier molecular flexibility index (Phi) is 8.16. The summed E-state index contributed by atoms with van der Waals surface area (Å²) < 4.78 is 46.9. The highest BCUT2D eigenvalue weighted by molar-refractivity contribution is 7.92. The van der Waals surface area contributed by atoms with Gasteiger partial charge in [-0.05, 0) is 61.0 Å². The minimum absolute atomic E-state index is 0.0821. The van der Waals surface area contributed by atoms with Crippen LogP contribution in [0.2, 0.25) is 0 Å². The van der Waals surface area contributed by atoms with Crippen molar-refractivity contribution in [3.8, 4) is 5.75 Å². The summed E-state index contributed by atoms with van der Waals surface area (Å²) in [6, 6.07) is 17.7. The maximum absolute atomic E-state index is 14.5. The van der Waals surface area contributed by atoms with Crippen molar-refractivity contribution in [3.05, 3.63) is 89.7 Å². The van der Waals surface area contributed by atoms with Gasteiger partial charge in [0.25, 0.3) is 21.8 Å². The molecule has 0 spiro atoms. The first-order valence-electron chi connectivity index (χ1n) is 10.3. The van der Waals surface area contributed by atoms with Gasteiger partial charge in [-0.1, -0.05) is 29.8 Å². The summed E-state index contributed by atoms with van der Waals surface area (Å²) in [5, 5.41) is 3.83. The van der Waals surface area contributed by atoms with Gasteiger partial charge in [0.2, 0.25) is 0 Å². The maximum Gasteiger partial charge on any atom is 0.264 e. The minimum Gasteiger partial charge on any atom is -0.484 e. The van der Waals surface area contributed by atoms with Crippen LogP contribution in [-0.2, 0) is 19.6 Å². The van der Waals surface area contributed by atoms with E-state index in [-0.39, 0.29) is 17.2 Å². The van der Waals surface area contributed by atoms with Crippen molar-refractivity contribution in [2.24, 2.45) is 10.8 Å². The predicted molar refractivity (Wildman–Crippen MR) is 129 cm³/mol. The summed E-state index contributed by atoms with van der Waals surface area (Å²) in [6.45, 7) is 0.847. The first-order chi connectivity index (χ1) is 16.7. The number of hydrogen-bond acceptors (Lipinski definition) is 6. The van der Waals surface area contributed by atoms with Crippen molar-refractivity contribution in [2.45, 2.75) is 11.8 Å². The Balaban J connectivity index is 1.74. The molecule has 0 radical (unpaired) electrons. The number of nitrogens with one attached hydrogen (secondary N) is 1. The zero-order valence-corrected chi connectivity index (χ0v) is 19.5. The summed E-state index contributed by atoms with van der Waals surface area (Å²) in [7, 11) is -4.25. The molecule has 3 rings (SSSR count). The number of benzene rings is 3. The van der Waals surface area contributed by atoms with Crippen LogP contribution in [0.1, 0.15) is 11.1 Å². The van der Waals surface area contributed by atoms with Crippen LogP contribution in [0.15, 0.2) is 82.8 Å². The fourth-order valence-electron chi connectivity index (χ4n) is 2.94. The number of amides is 2. The molecule has 0 aromatic heterocycles. The van der Waals surface area contributed by atoms with E-state index < -0.39 is 34.2 Å². The summed E-state index contributed by atoms with van der Waals surface area (Å²) >= 11 is 0. The van der Waals surface area contributed by atoms with Crippen molar-refractivity contribution in [3.63, 3.8) is 0 Å². The van der Waals surface area contributed by atoms with Crippen LogP contribution < -0.4 is 20.2 Å². The van der Waals surface area contributed by atoms with Crippen LogP contribution in [-0.4, -0.2) is 39.6 Å². The molecule has 2 amide bonds. The number of para-hydroxylation sites is 1. The number of carbonyl (C=O) groups excluding carboxylic acids is 2. The molecule has 182 valence electrons. The molecule has 3 N–H and O–H groups in total. The second-order valence-electron chi connectivity index (χ2n) is 7.39. The Labute approximate surface area is 202 Å². The van der Waals surface area contributed by atoms with Crippen molar-refractivity contribution in [2.75, 3.05) is 17.5 Å². The lowest BCUT2D eigenvalue weighted by molar-refractivity contribution is -0.120. The third kappa shape index (κ3) is 6.87. The number of primary amides is 1. The fourth-order valence-corrected chi connectivity index (χ4v) is 4.37. The lowest BCUT2D eigenvalue weighted by Crippen LogP contribution is -2.40. The van der Waals surface area contributed by atoms with Crippen LogP contribution in [0.5, 0.6) is 5.75 Å². The number of nitrogens with zero attached hydrogens (tertiary/aromatic N) is 2. The SMILES string of the molecule is Cc1ccc(S(=O)(=O)N(CC(=O)N/N=C\c2ccc(OCC(N)=O)cc2)c2ccccc2F)cc1. The molecule has 3 aromatic carbocycles. The molecule has 0 saturated carbocycles. The highest BCUT2D eigenvalue weighted by Crippen LogP contribution is 2.26. The van der Waals surface area contributed by atoms with E-state index in [9.17, 15) is 22.4 Å². The Hall–Kier alpha value is -4.25. The molecule has 11 heteroatoms. The van der Waals surface area contributed by atoms with Crippen LogP contribution in [0.3, 0.4) is 0 Å². The Morgan fingerprint density at radius 2 is 1.71 bits per heavy atom. The highest BCUT2D eigenvalue weighted by Gasteiger charge is 2.29. The van der Waals surface area contributed by atoms with Crippen molar-refractivity contribution in [1.82, 2.24) is 5.43 Å². The zero-order chi connectivity index (χ0) is 25.4. The van der Waals surface area contributed by atoms with Gasteiger partial charge < -0.3 is 10.5 Å². The third-order valence-corrected chi connectivity index (χ3v) is 6.46. The molecule has 0 aliphatic heterocycles. The molecule has 0 fully saturated rings. The molecule has 0 saturated heterocycles. The van der Waals surface area contributed by atoms with Gasteiger partial charge in [-0.3, -0.25) is 13.9 Å². The highest BCUT2D eigenvalue weighted by atomic mass is 32.2. The molecular weight excluding hydrogens is 475 g/mol. The lowest BCUT2D eigenvalue weighted by Gasteiger charge is -2.24. The number of halogens is 1. The number of ether oxygens (including phenoxy) is 1. The number of carbonyl (C=O) groups is 2. The Morgan fingerprint density at radius 3 is 2.34 bits per heavy atom. The number of hydrazone groups is 1. The molecule has 0 heterocycles. The van der Waals surface area contributed by atoms with Crippen molar-refractivity contribution >= 4 is 33.7 Å². The predicted octanol–water partition coefficient (Wildman–Crippen LogP) is 2.34. The quantitative estimate of drug-likeness (QED) is 0.327. The molecule has 0 aliphatic carbocycles. The van der Waals surface area contributed by atoms with Gasteiger partial charge in [0.05, 0.1) is 16.8 Å². The first-order valence-corrected chi connectivity index (χ1v) is 11.8. The standard InChI is InChI=1S/C24H23FN4O5S/c1-17-6-12-20(13-7-17)35(32,33)29(22-5-3-2-4-21(22)25)15-24(31)28-27-14-18-8-10-19(11-9-18)34-16-23(26)30/h2-14H,15-16H2,1H3,(H2,26,30)(H,28,31)/b27-14-. The van der Waals surface area contributed by atoms with Gasteiger partial charge in [0.1, 0.15) is 18.1 Å². The summed E-state index contributed by atoms with van der Waals surface area (Å²) in [6.07, 6.45) is 1.33. The van der Waals surface area contributed by atoms with E-state index in [4.69, 9.17) is 10.5 Å². The van der Waals surface area contributed by atoms with E-state index in [1.807, 2.05) is 0 Å². The number of aryl methyl sites for hydroxylation is 1. The average Bonchev–Trinajstić information content (AvgIpc) is 2.83. The largest absolute Gasteiger partial charge is 0.484 e. The second-order valence-corrected chi connectivity index (χ2v) is 9.26. The van der Waals surface area contributed by atoms with Crippen molar-refractivity contribution < 1.29 is 27.1 Å². The molecule has 0 bridgehead atoms. The van der Waals surface area contributed by atoms with E-state index in [0.717, 1.165) is 11.6 Å². The van der Waals surface area contributed by atoms with Crippen LogP contribution in [0.4, 0.5) is 10.1 Å². The average molecular weight is 499 g/mol. The van der Waals surface area contributed by atoms with Gasteiger partial charge >= 0.3 is 0 Å². The lowest BCUT2D eigenvalue weighted by atomic mass is 10.2. The zero-order valence-electron chi connectivity index (χ0n) is 18.7. The Bertz CT molecular complexity index is 1330. The number of sulfonamides is 1. The maximum atomic E-state index is 14.5. The van der Waals surface area contributed by atoms with E-state index in [0.29, 0.717) is 15.6 Å².